The maximum absolute atomic E-state index is 13.1. The molecule has 0 spiro atoms. The number of rotatable bonds is 4. The number of anilines is 1. The second-order valence-electron chi connectivity index (χ2n) is 9.17. The summed E-state index contributed by atoms with van der Waals surface area (Å²) in [5, 5.41) is 0. The average molecular weight is 424 g/mol. The third kappa shape index (κ3) is 3.60. The van der Waals surface area contributed by atoms with E-state index in [4.69, 9.17) is 4.98 Å². The highest BCUT2D eigenvalue weighted by molar-refractivity contribution is 5.97. The minimum Gasteiger partial charge on any atom is -0.323 e. The topological polar surface area (TPSA) is 38.1 Å². The van der Waals surface area contributed by atoms with Crippen molar-refractivity contribution in [1.82, 2.24) is 9.55 Å². The van der Waals surface area contributed by atoms with Crippen molar-refractivity contribution in [3.05, 3.63) is 94.3 Å². The van der Waals surface area contributed by atoms with Crippen molar-refractivity contribution in [2.75, 3.05) is 11.4 Å². The molecule has 0 N–H and O–H groups in total. The number of para-hydroxylation sites is 2. The van der Waals surface area contributed by atoms with Crippen LogP contribution in [0.5, 0.6) is 0 Å². The molecule has 162 valence electrons. The number of benzene rings is 3. The van der Waals surface area contributed by atoms with Gasteiger partial charge in [0.05, 0.1) is 11.0 Å². The van der Waals surface area contributed by atoms with Crippen LogP contribution in [0.25, 0.3) is 11.0 Å². The van der Waals surface area contributed by atoms with Crippen LogP contribution in [0.2, 0.25) is 0 Å². The Balaban J connectivity index is 1.55. The largest absolute Gasteiger partial charge is 0.323 e. The third-order valence-corrected chi connectivity index (χ3v) is 6.65. The van der Waals surface area contributed by atoms with Gasteiger partial charge in [0.25, 0.3) is 0 Å². The van der Waals surface area contributed by atoms with Gasteiger partial charge in [0.1, 0.15) is 5.82 Å². The van der Waals surface area contributed by atoms with Crippen LogP contribution < -0.4 is 4.90 Å². The van der Waals surface area contributed by atoms with Gasteiger partial charge in [-0.25, -0.2) is 4.98 Å². The molecule has 0 saturated carbocycles. The summed E-state index contributed by atoms with van der Waals surface area (Å²) in [6.07, 6.45) is 0.490. The molecule has 1 aliphatic heterocycles. The zero-order valence-corrected chi connectivity index (χ0v) is 19.2. The zero-order chi connectivity index (χ0) is 22.4. The molecule has 0 radical (unpaired) electrons. The second kappa shape index (κ2) is 7.94. The molecule has 3 aromatic carbocycles. The van der Waals surface area contributed by atoms with Crippen LogP contribution in [0.15, 0.2) is 60.7 Å². The van der Waals surface area contributed by atoms with Gasteiger partial charge in [-0.15, -0.1) is 0 Å². The van der Waals surface area contributed by atoms with Crippen LogP contribution in [0, 0.1) is 27.7 Å². The molecular weight excluding hydrogens is 394 g/mol. The fourth-order valence-electron chi connectivity index (χ4n) is 4.93. The maximum atomic E-state index is 13.1. The molecule has 4 nitrogen and oxygen atoms in total. The fourth-order valence-corrected chi connectivity index (χ4v) is 4.93. The highest BCUT2D eigenvalue weighted by Crippen LogP contribution is 2.35. The van der Waals surface area contributed by atoms with Gasteiger partial charge in [-0.05, 0) is 62.6 Å². The standard InChI is InChI=1S/C28H29N3O/c1-18-10-12-25(21(4)13-18)30-17-23(15-27(30)32)28-29-24-7-5-6-8-26(24)31(28)16-22-14-19(2)9-11-20(22)3/h5-14,23H,15-17H2,1-4H3/t23-/m0/s1. The Kier molecular flexibility index (Phi) is 5.09. The lowest BCUT2D eigenvalue weighted by molar-refractivity contribution is -0.117. The van der Waals surface area contributed by atoms with Crippen LogP contribution in [-0.4, -0.2) is 22.0 Å². The Morgan fingerprint density at radius 2 is 1.66 bits per heavy atom. The lowest BCUT2D eigenvalue weighted by Gasteiger charge is -2.20. The van der Waals surface area contributed by atoms with Crippen molar-refractivity contribution in [3.8, 4) is 0 Å². The molecular formula is C28H29N3O. The quantitative estimate of drug-likeness (QED) is 0.414. The van der Waals surface area contributed by atoms with Crippen LogP contribution in [0.3, 0.4) is 0 Å². The molecule has 1 aliphatic rings. The summed E-state index contributed by atoms with van der Waals surface area (Å²) >= 11 is 0. The predicted octanol–water partition coefficient (Wildman–Crippen LogP) is 5.84. The minimum atomic E-state index is 0.0701. The van der Waals surface area contributed by atoms with E-state index in [0.717, 1.165) is 34.7 Å². The molecule has 32 heavy (non-hydrogen) atoms. The molecule has 1 amide bonds. The zero-order valence-electron chi connectivity index (χ0n) is 19.2. The Labute approximate surface area is 189 Å². The number of amides is 1. The first-order chi connectivity index (χ1) is 15.4. The fraction of sp³-hybridized carbons (Fsp3) is 0.286. The first-order valence-corrected chi connectivity index (χ1v) is 11.3. The van der Waals surface area contributed by atoms with Crippen LogP contribution in [0.1, 0.15) is 46.0 Å². The average Bonchev–Trinajstić information content (AvgIpc) is 3.31. The monoisotopic (exact) mass is 423 g/mol. The normalized spacial score (nSPS) is 16.3. The van der Waals surface area contributed by atoms with Gasteiger partial charge < -0.3 is 9.47 Å². The Morgan fingerprint density at radius 3 is 2.47 bits per heavy atom. The number of aromatic nitrogens is 2. The molecule has 1 saturated heterocycles. The van der Waals surface area contributed by atoms with Crippen molar-refractivity contribution in [2.24, 2.45) is 0 Å². The third-order valence-electron chi connectivity index (χ3n) is 6.65. The van der Waals surface area contributed by atoms with Crippen LogP contribution in [0.4, 0.5) is 5.69 Å². The van der Waals surface area contributed by atoms with Gasteiger partial charge in [-0.3, -0.25) is 4.79 Å². The van der Waals surface area contributed by atoms with E-state index < -0.39 is 0 Å². The number of nitrogens with zero attached hydrogens (tertiary/aromatic N) is 3. The second-order valence-corrected chi connectivity index (χ2v) is 9.17. The van der Waals surface area contributed by atoms with Crippen molar-refractivity contribution in [2.45, 2.75) is 46.6 Å². The molecule has 1 fully saturated rings. The summed E-state index contributed by atoms with van der Waals surface area (Å²) < 4.78 is 2.32. The molecule has 0 aliphatic carbocycles. The van der Waals surface area contributed by atoms with Gasteiger partial charge in [-0.1, -0.05) is 53.6 Å². The van der Waals surface area contributed by atoms with E-state index in [0.29, 0.717) is 13.0 Å². The summed E-state index contributed by atoms with van der Waals surface area (Å²) in [6, 6.07) is 21.2. The number of imidazole rings is 1. The first kappa shape index (κ1) is 20.5. The molecule has 0 unspecified atom stereocenters. The van der Waals surface area contributed by atoms with E-state index in [9.17, 15) is 4.79 Å². The summed E-state index contributed by atoms with van der Waals surface area (Å²) in [6.45, 7) is 9.89. The van der Waals surface area contributed by atoms with Gasteiger partial charge in [0.15, 0.2) is 0 Å². The molecule has 1 atom stereocenters. The highest BCUT2D eigenvalue weighted by atomic mass is 16.2. The van der Waals surface area contributed by atoms with Gasteiger partial charge in [-0.2, -0.15) is 0 Å². The van der Waals surface area contributed by atoms with Gasteiger partial charge in [0.2, 0.25) is 5.91 Å². The van der Waals surface area contributed by atoms with E-state index in [-0.39, 0.29) is 11.8 Å². The molecule has 5 rings (SSSR count). The number of fused-ring (bicyclic) bond motifs is 1. The summed E-state index contributed by atoms with van der Waals surface area (Å²) in [5.74, 6) is 1.25. The maximum Gasteiger partial charge on any atom is 0.227 e. The van der Waals surface area contributed by atoms with Crippen molar-refractivity contribution >= 4 is 22.6 Å². The minimum absolute atomic E-state index is 0.0701. The van der Waals surface area contributed by atoms with Crippen molar-refractivity contribution in [3.63, 3.8) is 0 Å². The van der Waals surface area contributed by atoms with E-state index >= 15 is 0 Å². The number of hydrogen-bond acceptors (Lipinski definition) is 2. The summed E-state index contributed by atoms with van der Waals surface area (Å²) in [4.78, 5) is 20.0. The van der Waals surface area contributed by atoms with Crippen LogP contribution >= 0.6 is 0 Å². The van der Waals surface area contributed by atoms with Gasteiger partial charge >= 0.3 is 0 Å². The van der Waals surface area contributed by atoms with E-state index in [1.807, 2.05) is 11.0 Å². The van der Waals surface area contributed by atoms with E-state index in [2.05, 4.69) is 86.9 Å². The van der Waals surface area contributed by atoms with Gasteiger partial charge in [0, 0.05) is 31.1 Å². The summed E-state index contributed by atoms with van der Waals surface area (Å²) in [7, 11) is 0. The molecule has 1 aromatic heterocycles. The van der Waals surface area contributed by atoms with Crippen molar-refractivity contribution in [1.29, 1.82) is 0 Å². The van der Waals surface area contributed by atoms with E-state index in [1.54, 1.807) is 0 Å². The lowest BCUT2D eigenvalue weighted by atomic mass is 10.0. The molecule has 2 heterocycles. The van der Waals surface area contributed by atoms with Crippen molar-refractivity contribution < 1.29 is 4.79 Å². The molecule has 4 heteroatoms. The Bertz CT molecular complexity index is 1330. The van der Waals surface area contributed by atoms with E-state index in [1.165, 1.54) is 22.3 Å². The number of carbonyl (C=O) groups excluding carboxylic acids is 1. The number of carbonyl (C=O) groups is 1. The molecule has 4 aromatic rings. The van der Waals surface area contributed by atoms with Crippen LogP contribution in [-0.2, 0) is 11.3 Å². The number of hydrogen-bond donors (Lipinski definition) is 0. The first-order valence-electron chi connectivity index (χ1n) is 11.3. The Morgan fingerprint density at radius 1 is 0.906 bits per heavy atom. The SMILES string of the molecule is Cc1ccc(N2C[C@@H](c3nc4ccccc4n3Cc3cc(C)ccc3C)CC2=O)c(C)c1. The smallest absolute Gasteiger partial charge is 0.227 e. The molecule has 0 bridgehead atoms. The highest BCUT2D eigenvalue weighted by Gasteiger charge is 2.35. The predicted molar refractivity (Wildman–Crippen MR) is 130 cm³/mol. The Hall–Kier alpha value is -3.40. The summed E-state index contributed by atoms with van der Waals surface area (Å²) in [5.41, 5.74) is 9.32. The lowest BCUT2D eigenvalue weighted by Crippen LogP contribution is -2.25. The number of aryl methyl sites for hydroxylation is 4.